The Morgan fingerprint density at radius 2 is 2.04 bits per heavy atom. The summed E-state index contributed by atoms with van der Waals surface area (Å²) < 4.78 is 44.6. The lowest BCUT2D eigenvalue weighted by molar-refractivity contribution is -0.0463. The lowest BCUT2D eigenvalue weighted by Crippen LogP contribution is -2.45. The quantitative estimate of drug-likeness (QED) is 0.753. The van der Waals surface area contributed by atoms with Gasteiger partial charge in [0.1, 0.15) is 5.75 Å². The molecular weight excluding hydrogens is 342 g/mol. The second-order valence-corrected chi connectivity index (χ2v) is 8.71. The molecule has 6 nitrogen and oxygen atoms in total. The second kappa shape index (κ2) is 6.14. The molecule has 2 aliphatic heterocycles. The van der Waals surface area contributed by atoms with E-state index in [1.807, 2.05) is 0 Å². The summed E-state index contributed by atoms with van der Waals surface area (Å²) in [6.45, 7) is 10.7. The summed E-state index contributed by atoms with van der Waals surface area (Å²) in [5.74, 6) is 0.637. The van der Waals surface area contributed by atoms with Crippen LogP contribution in [0.2, 0.25) is 0 Å². The fourth-order valence-corrected chi connectivity index (χ4v) is 4.26. The maximum Gasteiger partial charge on any atom is 0.428 e. The van der Waals surface area contributed by atoms with Crippen molar-refractivity contribution in [2.75, 3.05) is 13.7 Å². The van der Waals surface area contributed by atoms with Gasteiger partial charge >= 0.3 is 10.3 Å². The van der Waals surface area contributed by atoms with E-state index in [0.717, 1.165) is 5.57 Å². The van der Waals surface area contributed by atoms with Crippen molar-refractivity contribution in [3.8, 4) is 11.5 Å². The molecule has 0 aromatic heterocycles. The van der Waals surface area contributed by atoms with Gasteiger partial charge in [-0.15, -0.1) is 4.40 Å². The number of rotatable bonds is 2. The van der Waals surface area contributed by atoms with Crippen molar-refractivity contribution in [3.63, 3.8) is 0 Å². The van der Waals surface area contributed by atoms with E-state index in [-0.39, 0.29) is 23.2 Å². The molecule has 0 saturated carbocycles. The summed E-state index contributed by atoms with van der Waals surface area (Å²) in [7, 11) is -2.48. The molecule has 7 heteroatoms. The highest BCUT2D eigenvalue weighted by Crippen LogP contribution is 2.41. The molecule has 1 fully saturated rings. The maximum absolute atomic E-state index is 12.2. The van der Waals surface area contributed by atoms with Gasteiger partial charge in [-0.05, 0) is 30.0 Å². The second-order valence-electron chi connectivity index (χ2n) is 7.51. The molecule has 2 atom stereocenters. The van der Waals surface area contributed by atoms with Gasteiger partial charge in [0.25, 0.3) is 0 Å². The Bertz CT molecular complexity index is 836. The smallest absolute Gasteiger partial charge is 0.428 e. The third-order valence-corrected chi connectivity index (χ3v) is 5.22. The van der Waals surface area contributed by atoms with Crippen LogP contribution in [-0.2, 0) is 15.0 Å². The number of fused-ring (bicyclic) bond motifs is 1. The van der Waals surface area contributed by atoms with Crippen molar-refractivity contribution in [3.05, 3.63) is 35.9 Å². The normalized spacial score (nSPS) is 25.6. The van der Waals surface area contributed by atoms with E-state index in [1.54, 1.807) is 25.3 Å². The minimum absolute atomic E-state index is 0.186. The Balaban J connectivity index is 2.15. The summed E-state index contributed by atoms with van der Waals surface area (Å²) in [4.78, 5) is 0. The SMILES string of the molecule is C=C1CO[C@H](C(C)(C)C)C(C2=NS(=O)(=O)Oc3ccc(OC)cc32)C1. The van der Waals surface area contributed by atoms with Gasteiger partial charge in [-0.2, -0.15) is 8.42 Å². The van der Waals surface area contributed by atoms with Crippen molar-refractivity contribution >= 4 is 16.0 Å². The molecule has 136 valence electrons. The molecule has 0 amide bonds. The average molecular weight is 365 g/mol. The number of nitrogens with zero attached hydrogens (tertiary/aromatic N) is 1. The van der Waals surface area contributed by atoms with Crippen LogP contribution in [0.15, 0.2) is 34.7 Å². The van der Waals surface area contributed by atoms with Crippen LogP contribution < -0.4 is 8.92 Å². The fraction of sp³-hybridized carbons (Fsp3) is 0.500. The number of hydrogen-bond donors (Lipinski definition) is 0. The van der Waals surface area contributed by atoms with E-state index in [1.165, 1.54) is 0 Å². The van der Waals surface area contributed by atoms with Crippen molar-refractivity contribution < 1.29 is 22.1 Å². The molecular formula is C18H23NO5S. The molecule has 3 rings (SSSR count). The zero-order valence-electron chi connectivity index (χ0n) is 14.9. The molecule has 2 aliphatic rings. The van der Waals surface area contributed by atoms with Crippen LogP contribution in [0.4, 0.5) is 0 Å². The van der Waals surface area contributed by atoms with E-state index in [2.05, 4.69) is 31.7 Å². The van der Waals surface area contributed by atoms with Gasteiger partial charge in [0.2, 0.25) is 0 Å². The molecule has 1 unspecified atom stereocenters. The van der Waals surface area contributed by atoms with E-state index < -0.39 is 10.3 Å². The minimum Gasteiger partial charge on any atom is -0.497 e. The number of benzene rings is 1. The van der Waals surface area contributed by atoms with Gasteiger partial charge in [-0.25, -0.2) is 0 Å². The average Bonchev–Trinajstić information content (AvgIpc) is 2.51. The van der Waals surface area contributed by atoms with E-state index in [9.17, 15) is 8.42 Å². The summed E-state index contributed by atoms with van der Waals surface area (Å²) in [5.41, 5.74) is 1.80. The summed E-state index contributed by atoms with van der Waals surface area (Å²) in [6, 6.07) is 5.00. The van der Waals surface area contributed by atoms with Crippen LogP contribution in [0.3, 0.4) is 0 Å². The third kappa shape index (κ3) is 3.57. The van der Waals surface area contributed by atoms with E-state index in [0.29, 0.717) is 30.1 Å². The van der Waals surface area contributed by atoms with Crippen molar-refractivity contribution in [1.82, 2.24) is 0 Å². The maximum atomic E-state index is 12.2. The predicted molar refractivity (Wildman–Crippen MR) is 95.5 cm³/mol. The van der Waals surface area contributed by atoms with Crippen molar-refractivity contribution in [2.24, 2.45) is 15.7 Å². The summed E-state index contributed by atoms with van der Waals surface area (Å²) in [5, 5.41) is 0. The molecule has 2 heterocycles. The van der Waals surface area contributed by atoms with Crippen LogP contribution in [0.25, 0.3) is 0 Å². The largest absolute Gasteiger partial charge is 0.497 e. The Labute approximate surface area is 148 Å². The highest BCUT2D eigenvalue weighted by molar-refractivity contribution is 7.86. The highest BCUT2D eigenvalue weighted by atomic mass is 32.2. The number of hydrogen-bond acceptors (Lipinski definition) is 5. The zero-order valence-corrected chi connectivity index (χ0v) is 15.7. The molecule has 0 spiro atoms. The lowest BCUT2D eigenvalue weighted by atomic mass is 9.74. The molecule has 1 aromatic carbocycles. The van der Waals surface area contributed by atoms with Crippen LogP contribution in [0, 0.1) is 11.3 Å². The van der Waals surface area contributed by atoms with Crippen molar-refractivity contribution in [2.45, 2.75) is 33.3 Å². The Hall–Kier alpha value is -1.86. The first-order valence-corrected chi connectivity index (χ1v) is 9.48. The third-order valence-electron chi connectivity index (χ3n) is 4.41. The van der Waals surface area contributed by atoms with E-state index >= 15 is 0 Å². The molecule has 25 heavy (non-hydrogen) atoms. The van der Waals surface area contributed by atoms with E-state index in [4.69, 9.17) is 13.7 Å². The Morgan fingerprint density at radius 3 is 2.68 bits per heavy atom. The zero-order chi connectivity index (χ0) is 18.4. The van der Waals surface area contributed by atoms with Gasteiger partial charge in [-0.3, -0.25) is 0 Å². The first-order valence-electron chi connectivity index (χ1n) is 8.11. The van der Waals surface area contributed by atoms with Gasteiger partial charge in [0, 0.05) is 11.5 Å². The molecule has 0 radical (unpaired) electrons. The van der Waals surface area contributed by atoms with Crippen LogP contribution in [0.1, 0.15) is 32.8 Å². The number of methoxy groups -OCH3 is 1. The molecule has 0 bridgehead atoms. The monoisotopic (exact) mass is 365 g/mol. The first-order chi connectivity index (χ1) is 11.6. The summed E-state index contributed by atoms with van der Waals surface area (Å²) >= 11 is 0. The van der Waals surface area contributed by atoms with Crippen LogP contribution in [0.5, 0.6) is 11.5 Å². The van der Waals surface area contributed by atoms with Gasteiger partial charge in [-0.1, -0.05) is 32.9 Å². The lowest BCUT2D eigenvalue weighted by Gasteiger charge is -2.41. The summed E-state index contributed by atoms with van der Waals surface area (Å²) in [6.07, 6.45) is 0.427. The van der Waals surface area contributed by atoms with Gasteiger partial charge in [0.15, 0.2) is 5.75 Å². The molecule has 1 aromatic rings. The van der Waals surface area contributed by atoms with Crippen LogP contribution in [-0.4, -0.2) is 34.0 Å². The van der Waals surface area contributed by atoms with Crippen LogP contribution >= 0.6 is 0 Å². The predicted octanol–water partition coefficient (Wildman–Crippen LogP) is 3.13. The Kier molecular flexibility index (Phi) is 4.41. The molecule has 0 N–H and O–H groups in total. The minimum atomic E-state index is -4.04. The van der Waals surface area contributed by atoms with Crippen molar-refractivity contribution in [1.29, 1.82) is 0 Å². The highest BCUT2D eigenvalue weighted by Gasteiger charge is 2.42. The fourth-order valence-electron chi connectivity index (χ4n) is 3.37. The Morgan fingerprint density at radius 1 is 1.32 bits per heavy atom. The topological polar surface area (TPSA) is 74.2 Å². The first kappa shape index (κ1) is 17.9. The van der Waals surface area contributed by atoms with Gasteiger partial charge in [0.05, 0.1) is 25.5 Å². The molecule has 1 saturated heterocycles. The van der Waals surface area contributed by atoms with Gasteiger partial charge < -0.3 is 13.7 Å². The molecule has 0 aliphatic carbocycles. The standard InChI is InChI=1S/C18H23NO5S/c1-11-8-14(17(23-10-11)18(2,3)4)16-13-9-12(22-5)6-7-15(13)24-25(20,21)19-16/h6-7,9,14,17H,1,8,10H2,2-5H3/t14?,17-/m0/s1. The number of ether oxygens (including phenoxy) is 2.